The lowest BCUT2D eigenvalue weighted by atomic mass is 9.96. The summed E-state index contributed by atoms with van der Waals surface area (Å²) < 4.78 is 22.2. The Labute approximate surface area is 172 Å². The van der Waals surface area contributed by atoms with Gasteiger partial charge in [0.15, 0.2) is 5.60 Å². The molecule has 6 heteroatoms. The summed E-state index contributed by atoms with van der Waals surface area (Å²) in [6.07, 6.45) is 0.443. The number of carbonyl (C=O) groups is 1. The molecular weight excluding hydrogens is 370 g/mol. The van der Waals surface area contributed by atoms with E-state index in [1.165, 1.54) is 7.11 Å². The van der Waals surface area contributed by atoms with Gasteiger partial charge in [-0.15, -0.1) is 0 Å². The third-order valence-electron chi connectivity index (χ3n) is 5.00. The van der Waals surface area contributed by atoms with Crippen LogP contribution < -0.4 is 14.4 Å². The molecule has 3 rings (SSSR count). The average Bonchev–Trinajstić information content (AvgIpc) is 2.74. The van der Waals surface area contributed by atoms with Crippen molar-refractivity contribution in [1.29, 1.82) is 0 Å². The highest BCUT2D eigenvalue weighted by Crippen LogP contribution is 2.30. The summed E-state index contributed by atoms with van der Waals surface area (Å²) in [5.41, 5.74) is 1.10. The van der Waals surface area contributed by atoms with Gasteiger partial charge in [-0.25, -0.2) is 4.79 Å². The second-order valence-corrected chi connectivity index (χ2v) is 7.13. The molecule has 1 atom stereocenters. The molecule has 0 N–H and O–H groups in total. The summed E-state index contributed by atoms with van der Waals surface area (Å²) in [5.74, 6) is 1.35. The number of hydrogen-bond donors (Lipinski definition) is 0. The summed E-state index contributed by atoms with van der Waals surface area (Å²) in [5, 5.41) is 0. The molecule has 1 aliphatic rings. The van der Waals surface area contributed by atoms with E-state index in [-0.39, 0.29) is 5.97 Å². The standard InChI is InChI=1S/C23H29NO5/c1-4-29-23(2,22(25)26-3)17-18-9-11-19(12-10-18)27-15-13-24-14-16-28-21-8-6-5-7-20(21)24/h5-12H,4,13-17H2,1-3H3. The van der Waals surface area contributed by atoms with Crippen LogP contribution in [0.2, 0.25) is 0 Å². The molecule has 0 spiro atoms. The first-order chi connectivity index (χ1) is 14.1. The second kappa shape index (κ2) is 9.65. The Kier molecular flexibility index (Phi) is 6.99. The number of methoxy groups -OCH3 is 1. The summed E-state index contributed by atoms with van der Waals surface area (Å²) in [7, 11) is 1.38. The molecule has 6 nitrogen and oxygen atoms in total. The van der Waals surface area contributed by atoms with Gasteiger partial charge >= 0.3 is 5.97 Å². The highest BCUT2D eigenvalue weighted by Gasteiger charge is 2.35. The molecule has 1 heterocycles. The average molecular weight is 399 g/mol. The van der Waals surface area contributed by atoms with Gasteiger partial charge in [0, 0.05) is 13.0 Å². The maximum Gasteiger partial charge on any atom is 0.338 e. The highest BCUT2D eigenvalue weighted by atomic mass is 16.6. The molecule has 0 radical (unpaired) electrons. The lowest BCUT2D eigenvalue weighted by Gasteiger charge is -2.31. The van der Waals surface area contributed by atoms with Crippen molar-refractivity contribution in [3.05, 3.63) is 54.1 Å². The minimum atomic E-state index is -0.990. The van der Waals surface area contributed by atoms with Crippen molar-refractivity contribution in [3.8, 4) is 11.5 Å². The van der Waals surface area contributed by atoms with E-state index in [1.807, 2.05) is 49.4 Å². The maximum atomic E-state index is 12.1. The Morgan fingerprint density at radius 2 is 1.93 bits per heavy atom. The van der Waals surface area contributed by atoms with E-state index >= 15 is 0 Å². The van der Waals surface area contributed by atoms with E-state index < -0.39 is 5.60 Å². The SMILES string of the molecule is CCOC(C)(Cc1ccc(OCCN2CCOc3ccccc32)cc1)C(=O)OC. The normalized spacial score (nSPS) is 15.1. The van der Waals surface area contributed by atoms with E-state index in [1.54, 1.807) is 6.92 Å². The summed E-state index contributed by atoms with van der Waals surface area (Å²) >= 11 is 0. The van der Waals surface area contributed by atoms with Gasteiger partial charge in [0.2, 0.25) is 0 Å². The van der Waals surface area contributed by atoms with Gasteiger partial charge in [0.1, 0.15) is 24.7 Å². The first-order valence-corrected chi connectivity index (χ1v) is 9.96. The summed E-state index contributed by atoms with van der Waals surface area (Å²) in [6, 6.07) is 15.8. The van der Waals surface area contributed by atoms with E-state index in [4.69, 9.17) is 18.9 Å². The fraction of sp³-hybridized carbons (Fsp3) is 0.435. The zero-order chi connectivity index (χ0) is 20.7. The molecule has 2 aromatic rings. The molecule has 0 aromatic heterocycles. The minimum Gasteiger partial charge on any atom is -0.492 e. The van der Waals surface area contributed by atoms with Crippen LogP contribution in [0, 0.1) is 0 Å². The second-order valence-electron chi connectivity index (χ2n) is 7.13. The van der Waals surface area contributed by atoms with Crippen LogP contribution in [0.15, 0.2) is 48.5 Å². The van der Waals surface area contributed by atoms with Crippen molar-refractivity contribution in [1.82, 2.24) is 0 Å². The smallest absolute Gasteiger partial charge is 0.338 e. The van der Waals surface area contributed by atoms with Crippen molar-refractivity contribution in [2.75, 3.05) is 44.9 Å². The molecule has 29 heavy (non-hydrogen) atoms. The number of esters is 1. The number of rotatable bonds is 9. The Hall–Kier alpha value is -2.73. The van der Waals surface area contributed by atoms with Crippen LogP contribution in [0.3, 0.4) is 0 Å². The molecule has 0 bridgehead atoms. The molecule has 2 aromatic carbocycles. The van der Waals surface area contributed by atoms with Crippen molar-refractivity contribution >= 4 is 11.7 Å². The molecule has 156 valence electrons. The Morgan fingerprint density at radius 3 is 2.66 bits per heavy atom. The molecule has 0 saturated carbocycles. The third kappa shape index (κ3) is 5.21. The van der Waals surface area contributed by atoms with Gasteiger partial charge in [-0.3, -0.25) is 0 Å². The van der Waals surface area contributed by atoms with E-state index in [0.717, 1.165) is 35.8 Å². The number of ether oxygens (including phenoxy) is 4. The number of hydrogen-bond acceptors (Lipinski definition) is 6. The lowest BCUT2D eigenvalue weighted by molar-refractivity contribution is -0.166. The minimum absolute atomic E-state index is 0.370. The zero-order valence-electron chi connectivity index (χ0n) is 17.3. The van der Waals surface area contributed by atoms with Crippen LogP contribution in [0.25, 0.3) is 0 Å². The molecular formula is C23H29NO5. The first-order valence-electron chi connectivity index (χ1n) is 9.96. The van der Waals surface area contributed by atoms with Crippen molar-refractivity contribution in [2.24, 2.45) is 0 Å². The van der Waals surface area contributed by atoms with E-state index in [9.17, 15) is 4.79 Å². The summed E-state index contributed by atoms with van der Waals surface area (Å²) in [4.78, 5) is 14.4. The number of para-hydroxylation sites is 2. The Morgan fingerprint density at radius 1 is 1.17 bits per heavy atom. The fourth-order valence-corrected chi connectivity index (χ4v) is 3.54. The van der Waals surface area contributed by atoms with Gasteiger partial charge in [0.25, 0.3) is 0 Å². The number of benzene rings is 2. The van der Waals surface area contributed by atoms with Crippen molar-refractivity contribution in [2.45, 2.75) is 25.9 Å². The fourth-order valence-electron chi connectivity index (χ4n) is 3.54. The topological polar surface area (TPSA) is 57.2 Å². The Bertz CT molecular complexity index is 807. The van der Waals surface area contributed by atoms with E-state index in [2.05, 4.69) is 11.0 Å². The number of anilines is 1. The predicted molar refractivity (Wildman–Crippen MR) is 112 cm³/mol. The number of fused-ring (bicyclic) bond motifs is 1. The van der Waals surface area contributed by atoms with Gasteiger partial charge in [0.05, 0.1) is 25.9 Å². The van der Waals surface area contributed by atoms with Gasteiger partial charge < -0.3 is 23.8 Å². The summed E-state index contributed by atoms with van der Waals surface area (Å²) in [6.45, 7) is 6.96. The molecule has 0 amide bonds. The highest BCUT2D eigenvalue weighted by molar-refractivity contribution is 5.79. The predicted octanol–water partition coefficient (Wildman–Crippen LogP) is 3.48. The first kappa shape index (κ1) is 21.0. The third-order valence-corrected chi connectivity index (χ3v) is 5.00. The number of nitrogens with zero attached hydrogens (tertiary/aromatic N) is 1. The molecule has 0 fully saturated rings. The zero-order valence-corrected chi connectivity index (χ0v) is 17.3. The van der Waals surface area contributed by atoms with Crippen molar-refractivity contribution < 1.29 is 23.7 Å². The maximum absolute atomic E-state index is 12.1. The van der Waals surface area contributed by atoms with Crippen LogP contribution in [-0.4, -0.2) is 51.6 Å². The largest absolute Gasteiger partial charge is 0.492 e. The van der Waals surface area contributed by atoms with E-state index in [0.29, 0.717) is 26.2 Å². The quantitative estimate of drug-likeness (QED) is 0.602. The monoisotopic (exact) mass is 399 g/mol. The van der Waals surface area contributed by atoms with Crippen LogP contribution in [0.4, 0.5) is 5.69 Å². The van der Waals surface area contributed by atoms with Crippen molar-refractivity contribution in [3.63, 3.8) is 0 Å². The van der Waals surface area contributed by atoms with Gasteiger partial charge in [-0.2, -0.15) is 0 Å². The van der Waals surface area contributed by atoms with Crippen LogP contribution >= 0.6 is 0 Å². The van der Waals surface area contributed by atoms with Gasteiger partial charge in [-0.05, 0) is 43.7 Å². The molecule has 1 unspecified atom stereocenters. The lowest BCUT2D eigenvalue weighted by Crippen LogP contribution is -2.41. The molecule has 0 saturated heterocycles. The number of carbonyl (C=O) groups excluding carboxylic acids is 1. The van der Waals surface area contributed by atoms with Crippen LogP contribution in [0.5, 0.6) is 11.5 Å². The molecule has 1 aliphatic heterocycles. The Balaban J connectivity index is 1.54. The molecule has 0 aliphatic carbocycles. The van der Waals surface area contributed by atoms with Gasteiger partial charge in [-0.1, -0.05) is 24.3 Å². The van der Waals surface area contributed by atoms with Crippen LogP contribution in [-0.2, 0) is 20.7 Å². The van der Waals surface area contributed by atoms with Crippen LogP contribution in [0.1, 0.15) is 19.4 Å².